The molecule has 1 amide bonds. The van der Waals surface area contributed by atoms with Gasteiger partial charge in [-0.05, 0) is 20.8 Å². The van der Waals surface area contributed by atoms with E-state index in [1.807, 2.05) is 0 Å². The predicted octanol–water partition coefficient (Wildman–Crippen LogP) is 0.0369. The Kier molecular flexibility index (Phi) is 6.33. The van der Waals surface area contributed by atoms with Crippen LogP contribution in [0, 0.1) is 0 Å². The molecule has 8 nitrogen and oxygen atoms in total. The van der Waals surface area contributed by atoms with Gasteiger partial charge in [-0.15, -0.1) is 0 Å². The van der Waals surface area contributed by atoms with E-state index in [9.17, 15) is 19.2 Å². The minimum atomic E-state index is -1.91. The van der Waals surface area contributed by atoms with Gasteiger partial charge in [0.2, 0.25) is 11.4 Å². The van der Waals surface area contributed by atoms with E-state index in [4.69, 9.17) is 14.2 Å². The Hall–Kier alpha value is -2.12. The van der Waals surface area contributed by atoms with Crippen molar-refractivity contribution in [3.05, 3.63) is 0 Å². The van der Waals surface area contributed by atoms with Gasteiger partial charge < -0.3 is 19.1 Å². The third-order valence-electron chi connectivity index (χ3n) is 3.28. The van der Waals surface area contributed by atoms with Crippen LogP contribution in [0.15, 0.2) is 0 Å². The molecule has 22 heavy (non-hydrogen) atoms. The van der Waals surface area contributed by atoms with E-state index in [0.29, 0.717) is 0 Å². The van der Waals surface area contributed by atoms with Gasteiger partial charge in [-0.1, -0.05) is 0 Å². The monoisotopic (exact) mass is 315 g/mol. The van der Waals surface area contributed by atoms with Gasteiger partial charge in [0.1, 0.15) is 6.54 Å². The van der Waals surface area contributed by atoms with Gasteiger partial charge in [0.05, 0.1) is 19.8 Å². The first kappa shape index (κ1) is 17.9. The van der Waals surface area contributed by atoms with Crippen molar-refractivity contribution < 1.29 is 33.4 Å². The average Bonchev–Trinajstić information content (AvgIpc) is 2.78. The van der Waals surface area contributed by atoms with E-state index in [0.717, 1.165) is 4.90 Å². The summed E-state index contributed by atoms with van der Waals surface area (Å²) in [6, 6.07) is 0. The number of rotatable bonds is 7. The summed E-state index contributed by atoms with van der Waals surface area (Å²) >= 11 is 0. The van der Waals surface area contributed by atoms with E-state index in [-0.39, 0.29) is 32.7 Å². The number of esters is 3. The lowest BCUT2D eigenvalue weighted by molar-refractivity contribution is -0.176. The highest BCUT2D eigenvalue weighted by Crippen LogP contribution is 2.33. The molecule has 0 unspecified atom stereocenters. The van der Waals surface area contributed by atoms with Crippen molar-refractivity contribution in [3.8, 4) is 0 Å². The summed E-state index contributed by atoms with van der Waals surface area (Å²) < 4.78 is 14.6. The van der Waals surface area contributed by atoms with Crippen molar-refractivity contribution >= 4 is 23.8 Å². The second kappa shape index (κ2) is 7.77. The smallest absolute Gasteiger partial charge is 0.343 e. The van der Waals surface area contributed by atoms with E-state index < -0.39 is 35.9 Å². The molecule has 0 saturated carbocycles. The Balaban J connectivity index is 3.15. The van der Waals surface area contributed by atoms with Crippen LogP contribution >= 0.6 is 0 Å². The number of likely N-dealkylation sites (tertiary alicyclic amines) is 1. The molecule has 0 aromatic rings. The van der Waals surface area contributed by atoms with Crippen molar-refractivity contribution in [2.45, 2.75) is 39.2 Å². The Morgan fingerprint density at radius 2 is 1.50 bits per heavy atom. The number of hydrogen-bond acceptors (Lipinski definition) is 7. The van der Waals surface area contributed by atoms with Crippen LogP contribution in [0.4, 0.5) is 0 Å². The summed E-state index contributed by atoms with van der Waals surface area (Å²) in [6.07, 6.45) is -0.125. The minimum Gasteiger partial charge on any atom is -0.465 e. The fourth-order valence-corrected chi connectivity index (χ4v) is 2.34. The summed E-state index contributed by atoms with van der Waals surface area (Å²) in [5, 5.41) is 0. The Morgan fingerprint density at radius 1 is 1.00 bits per heavy atom. The van der Waals surface area contributed by atoms with Gasteiger partial charge in [-0.3, -0.25) is 9.59 Å². The molecule has 0 spiro atoms. The van der Waals surface area contributed by atoms with Gasteiger partial charge in [-0.2, -0.15) is 0 Å². The first-order valence-electron chi connectivity index (χ1n) is 7.24. The van der Waals surface area contributed by atoms with Crippen molar-refractivity contribution in [1.29, 1.82) is 0 Å². The van der Waals surface area contributed by atoms with Crippen LogP contribution in [-0.2, 0) is 33.4 Å². The quantitative estimate of drug-likeness (QED) is 0.371. The molecular formula is C14H21NO7. The number of nitrogens with zero attached hydrogens (tertiary/aromatic N) is 1. The van der Waals surface area contributed by atoms with Crippen LogP contribution in [-0.4, -0.2) is 60.6 Å². The standard InChI is InChI=1S/C14H21NO7/c1-4-20-11(17)9-15-10(16)7-8-14(15,12(18)21-5-2)13(19)22-6-3/h4-9H2,1-3H3. The lowest BCUT2D eigenvalue weighted by Gasteiger charge is -2.33. The van der Waals surface area contributed by atoms with Crippen LogP contribution in [0.1, 0.15) is 33.6 Å². The molecule has 1 heterocycles. The van der Waals surface area contributed by atoms with Gasteiger partial charge in [0.15, 0.2) is 0 Å². The summed E-state index contributed by atoms with van der Waals surface area (Å²) in [5.74, 6) is -2.96. The van der Waals surface area contributed by atoms with E-state index >= 15 is 0 Å². The highest BCUT2D eigenvalue weighted by molar-refractivity contribution is 6.10. The Bertz CT molecular complexity index is 442. The molecule has 1 rings (SSSR count). The van der Waals surface area contributed by atoms with E-state index in [1.54, 1.807) is 20.8 Å². The van der Waals surface area contributed by atoms with Crippen molar-refractivity contribution in [2.75, 3.05) is 26.4 Å². The fraction of sp³-hybridized carbons (Fsp3) is 0.714. The van der Waals surface area contributed by atoms with Crippen molar-refractivity contribution in [3.63, 3.8) is 0 Å². The molecule has 1 aliphatic rings. The zero-order chi connectivity index (χ0) is 16.8. The summed E-state index contributed by atoms with van der Waals surface area (Å²) in [5.41, 5.74) is -1.91. The first-order chi connectivity index (χ1) is 10.4. The van der Waals surface area contributed by atoms with Crippen molar-refractivity contribution in [2.24, 2.45) is 0 Å². The Labute approximate surface area is 128 Å². The molecule has 0 aromatic carbocycles. The van der Waals surface area contributed by atoms with Gasteiger partial charge in [0.25, 0.3) is 0 Å². The maximum absolute atomic E-state index is 12.3. The zero-order valence-corrected chi connectivity index (χ0v) is 13.0. The Morgan fingerprint density at radius 3 is 1.95 bits per heavy atom. The van der Waals surface area contributed by atoms with Crippen molar-refractivity contribution in [1.82, 2.24) is 4.90 Å². The second-order valence-electron chi connectivity index (χ2n) is 4.59. The van der Waals surface area contributed by atoms with Gasteiger partial charge >= 0.3 is 17.9 Å². The molecular weight excluding hydrogens is 294 g/mol. The predicted molar refractivity (Wildman–Crippen MR) is 73.6 cm³/mol. The van der Waals surface area contributed by atoms with Crippen LogP contribution in [0.5, 0.6) is 0 Å². The normalized spacial score (nSPS) is 16.3. The maximum atomic E-state index is 12.3. The van der Waals surface area contributed by atoms with Crippen LogP contribution in [0.25, 0.3) is 0 Å². The SMILES string of the molecule is CCOC(=O)CN1C(=O)CCC1(C(=O)OCC)C(=O)OCC. The lowest BCUT2D eigenvalue weighted by Crippen LogP contribution is -2.60. The summed E-state index contributed by atoms with van der Waals surface area (Å²) in [7, 11) is 0. The van der Waals surface area contributed by atoms with E-state index in [2.05, 4.69) is 0 Å². The number of ether oxygens (including phenoxy) is 3. The number of amides is 1. The number of carbonyl (C=O) groups excluding carboxylic acids is 4. The molecule has 0 aromatic heterocycles. The molecule has 0 atom stereocenters. The molecule has 0 radical (unpaired) electrons. The third kappa shape index (κ3) is 3.37. The highest BCUT2D eigenvalue weighted by atomic mass is 16.6. The summed E-state index contributed by atoms with van der Waals surface area (Å²) in [4.78, 5) is 49.2. The summed E-state index contributed by atoms with van der Waals surface area (Å²) in [6.45, 7) is 4.51. The molecule has 0 N–H and O–H groups in total. The minimum absolute atomic E-state index is 0.0431. The van der Waals surface area contributed by atoms with Gasteiger partial charge in [-0.25, -0.2) is 9.59 Å². The average molecular weight is 315 g/mol. The molecule has 1 aliphatic heterocycles. The highest BCUT2D eigenvalue weighted by Gasteiger charge is 2.60. The van der Waals surface area contributed by atoms with Crippen LogP contribution in [0.2, 0.25) is 0 Å². The van der Waals surface area contributed by atoms with Crippen LogP contribution < -0.4 is 0 Å². The first-order valence-corrected chi connectivity index (χ1v) is 7.24. The topological polar surface area (TPSA) is 99.2 Å². The number of hydrogen-bond donors (Lipinski definition) is 0. The van der Waals surface area contributed by atoms with E-state index in [1.165, 1.54) is 0 Å². The zero-order valence-electron chi connectivity index (χ0n) is 13.0. The lowest BCUT2D eigenvalue weighted by atomic mass is 9.96. The molecule has 124 valence electrons. The maximum Gasteiger partial charge on any atom is 0.343 e. The van der Waals surface area contributed by atoms with Gasteiger partial charge in [0, 0.05) is 12.8 Å². The number of carbonyl (C=O) groups is 4. The largest absolute Gasteiger partial charge is 0.465 e. The molecule has 1 fully saturated rings. The molecule has 8 heteroatoms. The second-order valence-corrected chi connectivity index (χ2v) is 4.59. The molecule has 0 aliphatic carbocycles. The molecule has 0 bridgehead atoms. The fourth-order valence-electron chi connectivity index (χ4n) is 2.34. The van der Waals surface area contributed by atoms with Crippen LogP contribution in [0.3, 0.4) is 0 Å². The third-order valence-corrected chi connectivity index (χ3v) is 3.28. The molecule has 1 saturated heterocycles.